The molecule has 0 rings (SSSR count). The number of unbranched alkanes of at least 4 members (excludes halogenated alkanes) is 8. The summed E-state index contributed by atoms with van der Waals surface area (Å²) in [4.78, 5) is 29.7. The van der Waals surface area contributed by atoms with Crippen LogP contribution in [0.15, 0.2) is 24.3 Å². The summed E-state index contributed by atoms with van der Waals surface area (Å²) in [5.41, 5.74) is 0. The maximum Gasteiger partial charge on any atom is 0.322 e. The number of rotatable bonds is 19. The van der Waals surface area contributed by atoms with Gasteiger partial charge in [0.25, 0.3) is 0 Å². The molecule has 0 aromatic rings. The molecule has 8 heteroatoms. The number of allylic oxidation sites excluding steroid dienone is 4. The molecule has 0 bridgehead atoms. The lowest BCUT2D eigenvalue weighted by Gasteiger charge is -2.17. The quantitative estimate of drug-likeness (QED) is 0.111. The minimum absolute atomic E-state index is 0.271. The summed E-state index contributed by atoms with van der Waals surface area (Å²) in [5, 5.41) is 9.12. The summed E-state index contributed by atoms with van der Waals surface area (Å²) in [5.74, 6) is -0.428. The number of carbonyl (C=O) groups is 1. The van der Waals surface area contributed by atoms with E-state index in [4.69, 9.17) is 19.6 Å². The average Bonchev–Trinajstić information content (AvgIpc) is 2.67. The van der Waals surface area contributed by atoms with E-state index in [1.165, 1.54) is 25.7 Å². The highest BCUT2D eigenvalue weighted by molar-refractivity contribution is 8.06. The van der Waals surface area contributed by atoms with Gasteiger partial charge in [-0.1, -0.05) is 63.3 Å². The van der Waals surface area contributed by atoms with Crippen LogP contribution in [-0.2, 0) is 25.9 Å². The Bertz CT molecular complexity index is 503. The fraction of sp³-hybridized carbons (Fsp3) is 0.762. The number of hydrogen-bond donors (Lipinski definition) is 3. The molecule has 0 fully saturated rings. The first-order valence-electron chi connectivity index (χ1n) is 10.7. The van der Waals surface area contributed by atoms with Gasteiger partial charge in [0.05, 0.1) is 13.2 Å². The second-order valence-electron chi connectivity index (χ2n) is 7.06. The molecule has 1 unspecified atom stereocenters. The van der Waals surface area contributed by atoms with Crippen molar-refractivity contribution in [3.63, 3.8) is 0 Å². The van der Waals surface area contributed by atoms with Crippen LogP contribution < -0.4 is 0 Å². The van der Waals surface area contributed by atoms with Gasteiger partial charge in [-0.3, -0.25) is 4.79 Å². The van der Waals surface area contributed by atoms with Crippen molar-refractivity contribution in [1.82, 2.24) is 0 Å². The first-order chi connectivity index (χ1) is 13.9. The second-order valence-corrected chi connectivity index (χ2v) is 9.73. The van der Waals surface area contributed by atoms with Gasteiger partial charge < -0.3 is 24.2 Å². The maximum atomic E-state index is 11.7. The summed E-state index contributed by atoms with van der Waals surface area (Å²) in [6.07, 6.45) is 20.5. The lowest BCUT2D eigenvalue weighted by Crippen LogP contribution is -2.26. The Morgan fingerprint density at radius 3 is 2.14 bits per heavy atom. The first kappa shape index (κ1) is 28.4. The molecule has 1 atom stereocenters. The Kier molecular flexibility index (Phi) is 19.0. The van der Waals surface area contributed by atoms with Crippen LogP contribution in [0, 0.1) is 0 Å². The van der Waals surface area contributed by atoms with Gasteiger partial charge >= 0.3 is 12.7 Å². The number of aliphatic hydroxyl groups excluding tert-OH is 1. The smallest absolute Gasteiger partial charge is 0.322 e. The molecule has 3 N–H and O–H groups in total. The van der Waals surface area contributed by atoms with E-state index in [1.807, 2.05) is 0 Å². The van der Waals surface area contributed by atoms with Crippen molar-refractivity contribution in [1.29, 1.82) is 0 Å². The summed E-state index contributed by atoms with van der Waals surface area (Å²) in [6, 6.07) is 0. The highest BCUT2D eigenvalue weighted by atomic mass is 32.5. The van der Waals surface area contributed by atoms with Gasteiger partial charge in [0.15, 0.2) is 0 Å². The first-order valence-corrected chi connectivity index (χ1v) is 13.3. The molecule has 0 radical (unpaired) electrons. The molecule has 0 aliphatic heterocycles. The molecule has 0 aliphatic carbocycles. The second kappa shape index (κ2) is 19.4. The molecule has 0 amide bonds. The molecule has 0 aromatic heterocycles. The molecule has 0 aromatic carbocycles. The zero-order valence-corrected chi connectivity index (χ0v) is 19.4. The number of hydrogen-bond acceptors (Lipinski definition) is 5. The molecule has 0 aliphatic rings. The van der Waals surface area contributed by atoms with Crippen LogP contribution in [0.25, 0.3) is 0 Å². The number of ether oxygens (including phenoxy) is 1. The highest BCUT2D eigenvalue weighted by Gasteiger charge is 2.17. The van der Waals surface area contributed by atoms with Gasteiger partial charge in [-0.2, -0.15) is 0 Å². The molecular weight excluding hydrogens is 411 g/mol. The van der Waals surface area contributed by atoms with E-state index in [0.717, 1.165) is 44.9 Å². The van der Waals surface area contributed by atoms with Crippen LogP contribution in [0.4, 0.5) is 0 Å². The zero-order chi connectivity index (χ0) is 21.8. The van der Waals surface area contributed by atoms with E-state index < -0.39 is 25.4 Å². The van der Waals surface area contributed by atoms with E-state index in [9.17, 15) is 4.79 Å². The van der Waals surface area contributed by atoms with Crippen LogP contribution in [0.3, 0.4) is 0 Å². The molecule has 0 saturated heterocycles. The zero-order valence-electron chi connectivity index (χ0n) is 17.7. The Morgan fingerprint density at radius 2 is 1.55 bits per heavy atom. The van der Waals surface area contributed by atoms with E-state index in [2.05, 4.69) is 47.6 Å². The van der Waals surface area contributed by atoms with E-state index >= 15 is 0 Å². The van der Waals surface area contributed by atoms with Gasteiger partial charge in [0.2, 0.25) is 0 Å². The van der Waals surface area contributed by atoms with Crippen LogP contribution in [0.2, 0.25) is 0 Å². The van der Waals surface area contributed by atoms with Gasteiger partial charge in [-0.25, -0.2) is 0 Å². The van der Waals surface area contributed by atoms with Crippen LogP contribution >= 0.6 is 6.72 Å². The SMILES string of the molecule is CCCCC/C=C\C/C=C\CCCCCCCC(=O)OC(CO)COP(O)(O)=S. The van der Waals surface area contributed by atoms with Crippen molar-refractivity contribution in [2.24, 2.45) is 0 Å². The van der Waals surface area contributed by atoms with Gasteiger partial charge in [-0.05, 0) is 50.3 Å². The summed E-state index contributed by atoms with van der Waals surface area (Å²) in [6.45, 7) is -2.37. The van der Waals surface area contributed by atoms with Crippen molar-refractivity contribution >= 4 is 24.5 Å². The fourth-order valence-electron chi connectivity index (χ4n) is 2.63. The van der Waals surface area contributed by atoms with Crippen LogP contribution in [-0.4, -0.2) is 40.2 Å². The summed E-state index contributed by atoms with van der Waals surface area (Å²) in [7, 11) is 0. The third kappa shape index (κ3) is 22.0. The predicted octanol–water partition coefficient (Wildman–Crippen LogP) is 4.93. The largest absolute Gasteiger partial charge is 0.457 e. The lowest BCUT2D eigenvalue weighted by molar-refractivity contribution is -0.153. The minimum Gasteiger partial charge on any atom is -0.457 e. The summed E-state index contributed by atoms with van der Waals surface area (Å²) >= 11 is 4.31. The van der Waals surface area contributed by atoms with Crippen molar-refractivity contribution < 1.29 is 28.9 Å². The van der Waals surface area contributed by atoms with Crippen LogP contribution in [0.5, 0.6) is 0 Å². The summed E-state index contributed by atoms with van der Waals surface area (Å²) < 4.78 is 9.64. The molecule has 0 spiro atoms. The lowest BCUT2D eigenvalue weighted by atomic mass is 10.1. The molecular formula is C21H39O6PS. The molecule has 170 valence electrons. The Labute approximate surface area is 181 Å². The van der Waals surface area contributed by atoms with Gasteiger partial charge in [0.1, 0.15) is 6.10 Å². The Hall–Kier alpha value is -0.560. The Balaban J connectivity index is 3.56. The molecule has 0 saturated carbocycles. The number of esters is 1. The van der Waals surface area contributed by atoms with Crippen LogP contribution in [0.1, 0.15) is 84.0 Å². The monoisotopic (exact) mass is 450 g/mol. The fourth-order valence-corrected chi connectivity index (χ4v) is 3.17. The standard InChI is InChI=1S/C21H39O6PS/c1-2-3-4-5-6-7-8-9-10-11-12-13-14-15-16-17-21(23)27-20(18-22)19-26-28(24,25)29/h6-7,9-10,20,22H,2-5,8,11-19H2,1H3,(H2,24,25,29)/b7-6-,10-9-. The van der Waals surface area contributed by atoms with Crippen molar-refractivity contribution in [3.05, 3.63) is 24.3 Å². The topological polar surface area (TPSA) is 96.2 Å². The highest BCUT2D eigenvalue weighted by Crippen LogP contribution is 2.36. The van der Waals surface area contributed by atoms with Crippen molar-refractivity contribution in [2.75, 3.05) is 13.2 Å². The molecule has 29 heavy (non-hydrogen) atoms. The van der Waals surface area contributed by atoms with E-state index in [1.54, 1.807) is 0 Å². The minimum atomic E-state index is -3.81. The molecule has 0 heterocycles. The normalized spacial score (nSPS) is 13.4. The Morgan fingerprint density at radius 1 is 0.966 bits per heavy atom. The third-order valence-corrected chi connectivity index (χ3v) is 5.06. The number of carbonyl (C=O) groups excluding carboxylic acids is 1. The molecule has 6 nitrogen and oxygen atoms in total. The van der Waals surface area contributed by atoms with Crippen molar-refractivity contribution in [3.8, 4) is 0 Å². The van der Waals surface area contributed by atoms with Gasteiger partial charge in [-0.15, -0.1) is 0 Å². The predicted molar refractivity (Wildman–Crippen MR) is 121 cm³/mol. The van der Waals surface area contributed by atoms with E-state index in [-0.39, 0.29) is 13.0 Å². The average molecular weight is 451 g/mol. The number of aliphatic hydroxyl groups is 1. The van der Waals surface area contributed by atoms with E-state index in [0.29, 0.717) is 0 Å². The third-order valence-electron chi connectivity index (χ3n) is 4.26. The van der Waals surface area contributed by atoms with Gasteiger partial charge in [0, 0.05) is 6.42 Å². The maximum absolute atomic E-state index is 11.7. The van der Waals surface area contributed by atoms with Crippen molar-refractivity contribution in [2.45, 2.75) is 90.1 Å².